The molecule has 0 aliphatic carbocycles. The number of carbonyl (C=O) groups is 1. The quantitative estimate of drug-likeness (QED) is 0.615. The molecule has 3 N–H and O–H groups in total. The van der Waals surface area contributed by atoms with E-state index in [9.17, 15) is 9.18 Å². The Morgan fingerprint density at radius 3 is 2.56 bits per heavy atom. The Hall–Kier alpha value is -3.55. The molecule has 8 heteroatoms. The van der Waals surface area contributed by atoms with Gasteiger partial charge in [-0.25, -0.2) is 9.37 Å². The van der Waals surface area contributed by atoms with Crippen LogP contribution in [-0.4, -0.2) is 27.4 Å². The van der Waals surface area contributed by atoms with Crippen molar-refractivity contribution in [1.29, 1.82) is 0 Å². The van der Waals surface area contributed by atoms with Crippen molar-refractivity contribution in [3.8, 4) is 0 Å². The van der Waals surface area contributed by atoms with Crippen LogP contribution in [0.4, 0.5) is 27.5 Å². The summed E-state index contributed by atoms with van der Waals surface area (Å²) in [4.78, 5) is 24.5. The predicted molar refractivity (Wildman–Crippen MR) is 103 cm³/mol. The molecule has 7 nitrogen and oxygen atoms in total. The van der Waals surface area contributed by atoms with Gasteiger partial charge in [0.05, 0.1) is 11.8 Å². The van der Waals surface area contributed by atoms with Crippen molar-refractivity contribution >= 4 is 29.0 Å². The van der Waals surface area contributed by atoms with Crippen LogP contribution >= 0.6 is 0 Å². The van der Waals surface area contributed by atoms with Crippen LogP contribution in [0.3, 0.4) is 0 Å². The third-order valence-corrected chi connectivity index (χ3v) is 3.62. The molecule has 2 aromatic heterocycles. The monoisotopic (exact) mass is 366 g/mol. The Morgan fingerprint density at radius 2 is 1.85 bits per heavy atom. The highest BCUT2D eigenvalue weighted by Crippen LogP contribution is 2.20. The zero-order valence-electron chi connectivity index (χ0n) is 15.0. The zero-order valence-corrected chi connectivity index (χ0v) is 15.0. The van der Waals surface area contributed by atoms with Gasteiger partial charge in [-0.15, -0.1) is 0 Å². The van der Waals surface area contributed by atoms with Gasteiger partial charge in [-0.05, 0) is 44.2 Å². The summed E-state index contributed by atoms with van der Waals surface area (Å²) in [5.41, 5.74) is 2.13. The Kier molecular flexibility index (Phi) is 5.55. The van der Waals surface area contributed by atoms with E-state index in [2.05, 4.69) is 30.9 Å². The lowest BCUT2D eigenvalue weighted by atomic mass is 10.2. The smallest absolute Gasteiger partial charge is 0.258 e. The summed E-state index contributed by atoms with van der Waals surface area (Å²) in [5, 5.41) is 8.93. The van der Waals surface area contributed by atoms with Crippen molar-refractivity contribution < 1.29 is 9.18 Å². The largest absolute Gasteiger partial charge is 0.354 e. The molecule has 2 heterocycles. The number of amides is 1. The van der Waals surface area contributed by atoms with Crippen LogP contribution in [0.25, 0.3) is 0 Å². The Labute approximate surface area is 156 Å². The molecule has 0 aliphatic heterocycles. The van der Waals surface area contributed by atoms with Gasteiger partial charge in [-0.2, -0.15) is 4.98 Å². The van der Waals surface area contributed by atoms with E-state index in [0.29, 0.717) is 17.5 Å². The van der Waals surface area contributed by atoms with Crippen molar-refractivity contribution in [3.05, 3.63) is 65.9 Å². The summed E-state index contributed by atoms with van der Waals surface area (Å²) in [5.74, 6) is 0.0265. The molecule has 0 atom stereocenters. The molecule has 138 valence electrons. The van der Waals surface area contributed by atoms with E-state index in [1.807, 2.05) is 19.9 Å². The maximum Gasteiger partial charge on any atom is 0.258 e. The van der Waals surface area contributed by atoms with Crippen LogP contribution in [0.2, 0.25) is 0 Å². The summed E-state index contributed by atoms with van der Waals surface area (Å²) >= 11 is 0. The predicted octanol–water partition coefficient (Wildman–Crippen LogP) is 3.75. The number of carbonyl (C=O) groups excluding carboxylic acids is 1. The Balaban J connectivity index is 1.69. The first-order valence-electron chi connectivity index (χ1n) is 8.42. The second-order valence-corrected chi connectivity index (χ2v) is 5.76. The molecule has 1 amide bonds. The van der Waals surface area contributed by atoms with Crippen LogP contribution in [-0.2, 0) is 0 Å². The number of hydrogen-bond acceptors (Lipinski definition) is 6. The summed E-state index contributed by atoms with van der Waals surface area (Å²) in [7, 11) is 0. The minimum atomic E-state index is -0.663. The molecule has 3 rings (SSSR count). The van der Waals surface area contributed by atoms with Gasteiger partial charge in [-0.3, -0.25) is 9.78 Å². The van der Waals surface area contributed by atoms with Crippen molar-refractivity contribution in [2.45, 2.75) is 13.8 Å². The number of hydrogen-bond donors (Lipinski definition) is 3. The molecule has 0 aliphatic rings. The number of aryl methyl sites for hydroxylation is 1. The Bertz CT molecular complexity index is 945. The van der Waals surface area contributed by atoms with Crippen molar-refractivity contribution in [2.24, 2.45) is 0 Å². The van der Waals surface area contributed by atoms with E-state index in [0.717, 1.165) is 24.1 Å². The van der Waals surface area contributed by atoms with Crippen LogP contribution in [0.15, 0.2) is 48.8 Å². The van der Waals surface area contributed by atoms with Gasteiger partial charge < -0.3 is 16.0 Å². The number of benzene rings is 1. The number of anilines is 4. The number of nitrogens with one attached hydrogen (secondary N) is 3. The summed E-state index contributed by atoms with van der Waals surface area (Å²) < 4.78 is 13.6. The fourth-order valence-corrected chi connectivity index (χ4v) is 2.41. The van der Waals surface area contributed by atoms with Crippen molar-refractivity contribution in [2.75, 3.05) is 22.5 Å². The number of halogens is 1. The topological polar surface area (TPSA) is 91.8 Å². The number of rotatable bonds is 6. The molecule has 0 bridgehead atoms. The van der Waals surface area contributed by atoms with Gasteiger partial charge in [0.1, 0.15) is 5.82 Å². The van der Waals surface area contributed by atoms with Crippen molar-refractivity contribution in [1.82, 2.24) is 15.0 Å². The van der Waals surface area contributed by atoms with Gasteiger partial charge in [0, 0.05) is 35.9 Å². The highest BCUT2D eigenvalue weighted by molar-refractivity contribution is 6.04. The van der Waals surface area contributed by atoms with Crippen LogP contribution < -0.4 is 16.0 Å². The SMILES string of the molecule is CCNc1nc(C)cc(Nc2ccc(NC(=O)c3ccncc3F)cc2)n1. The lowest BCUT2D eigenvalue weighted by Gasteiger charge is -2.10. The maximum atomic E-state index is 13.6. The van der Waals surface area contributed by atoms with E-state index in [4.69, 9.17) is 0 Å². The first-order valence-corrected chi connectivity index (χ1v) is 8.42. The van der Waals surface area contributed by atoms with Gasteiger partial charge in [0.25, 0.3) is 5.91 Å². The molecule has 0 saturated heterocycles. The standard InChI is InChI=1S/C19H19FN6O/c1-3-22-19-23-12(2)10-17(26-19)24-13-4-6-14(7-5-13)25-18(27)15-8-9-21-11-16(15)20/h4-11H,3H2,1-2H3,(H,25,27)(H2,22,23,24,26). The first kappa shape index (κ1) is 18.2. The van der Waals surface area contributed by atoms with Crippen LogP contribution in [0.1, 0.15) is 23.0 Å². The third-order valence-electron chi connectivity index (χ3n) is 3.62. The lowest BCUT2D eigenvalue weighted by molar-refractivity contribution is 0.102. The number of aromatic nitrogens is 3. The second kappa shape index (κ2) is 8.22. The van der Waals surface area contributed by atoms with Gasteiger partial charge in [0.2, 0.25) is 5.95 Å². The van der Waals surface area contributed by atoms with Crippen LogP contribution in [0.5, 0.6) is 0 Å². The van der Waals surface area contributed by atoms with Gasteiger partial charge in [0.15, 0.2) is 5.82 Å². The normalized spacial score (nSPS) is 10.3. The highest BCUT2D eigenvalue weighted by Gasteiger charge is 2.11. The molecule has 0 fully saturated rings. The minimum Gasteiger partial charge on any atom is -0.354 e. The molecule has 0 spiro atoms. The molecule has 3 aromatic rings. The summed E-state index contributed by atoms with van der Waals surface area (Å²) in [6.45, 7) is 4.60. The first-order chi connectivity index (χ1) is 13.0. The maximum absolute atomic E-state index is 13.6. The number of pyridine rings is 1. The van der Waals surface area contributed by atoms with E-state index in [-0.39, 0.29) is 5.56 Å². The third kappa shape index (κ3) is 4.75. The molecule has 0 radical (unpaired) electrons. The summed E-state index contributed by atoms with van der Waals surface area (Å²) in [6, 6.07) is 10.2. The highest BCUT2D eigenvalue weighted by atomic mass is 19.1. The molecule has 0 unspecified atom stereocenters. The molecular weight excluding hydrogens is 347 g/mol. The molecule has 27 heavy (non-hydrogen) atoms. The average molecular weight is 366 g/mol. The van der Waals surface area contributed by atoms with Crippen LogP contribution in [0, 0.1) is 12.7 Å². The van der Waals surface area contributed by atoms with Gasteiger partial charge >= 0.3 is 0 Å². The zero-order chi connectivity index (χ0) is 19.2. The minimum absolute atomic E-state index is 0.0559. The number of nitrogens with zero attached hydrogens (tertiary/aromatic N) is 3. The molecule has 0 saturated carbocycles. The van der Waals surface area contributed by atoms with E-state index in [1.165, 1.54) is 12.3 Å². The molecule has 1 aromatic carbocycles. The average Bonchev–Trinajstić information content (AvgIpc) is 2.63. The van der Waals surface area contributed by atoms with E-state index in [1.54, 1.807) is 24.3 Å². The van der Waals surface area contributed by atoms with Crippen molar-refractivity contribution in [3.63, 3.8) is 0 Å². The van der Waals surface area contributed by atoms with E-state index >= 15 is 0 Å². The van der Waals surface area contributed by atoms with Gasteiger partial charge in [-0.1, -0.05) is 0 Å². The fourth-order valence-electron chi connectivity index (χ4n) is 2.41. The molecular formula is C19H19FN6O. The van der Waals surface area contributed by atoms with E-state index < -0.39 is 11.7 Å². The Morgan fingerprint density at radius 1 is 1.11 bits per heavy atom. The second-order valence-electron chi connectivity index (χ2n) is 5.76. The fraction of sp³-hybridized carbons (Fsp3) is 0.158. The lowest BCUT2D eigenvalue weighted by Crippen LogP contribution is -2.13. The summed E-state index contributed by atoms with van der Waals surface area (Å²) in [6.07, 6.45) is 2.38.